The number of nitrogens with zero attached hydrogens (tertiary/aromatic N) is 3. The first-order chi connectivity index (χ1) is 10.1. The maximum absolute atomic E-state index is 12.0. The molecular weight excluding hydrogens is 298 g/mol. The molecule has 1 rings (SSSR count). The van der Waals surface area contributed by atoms with Crippen LogP contribution in [0.25, 0.3) is 0 Å². The highest BCUT2D eigenvalue weighted by Gasteiger charge is 2.17. The van der Waals surface area contributed by atoms with E-state index in [-0.39, 0.29) is 18.0 Å². The summed E-state index contributed by atoms with van der Waals surface area (Å²) >= 11 is 1.67. The fourth-order valence-electron chi connectivity index (χ4n) is 1.90. The fraction of sp³-hybridized carbons (Fsp3) is 0.667. The number of amides is 1. The summed E-state index contributed by atoms with van der Waals surface area (Å²) in [4.78, 5) is 23.7. The SMILES string of the molecule is CN=C(NCc1nc(C)c(C)s1)N(C)CC(=O)NC(C)(C)C. The molecule has 0 aliphatic heterocycles. The maximum atomic E-state index is 12.0. The van der Waals surface area contributed by atoms with Gasteiger partial charge in [0.05, 0.1) is 18.8 Å². The average Bonchev–Trinajstić information content (AvgIpc) is 2.66. The Morgan fingerprint density at radius 1 is 1.36 bits per heavy atom. The van der Waals surface area contributed by atoms with Crippen LogP contribution in [-0.4, -0.2) is 47.9 Å². The predicted molar refractivity (Wildman–Crippen MR) is 92.3 cm³/mol. The topological polar surface area (TPSA) is 69.6 Å². The van der Waals surface area contributed by atoms with Gasteiger partial charge in [0.25, 0.3) is 0 Å². The van der Waals surface area contributed by atoms with Crippen molar-refractivity contribution in [3.63, 3.8) is 0 Å². The van der Waals surface area contributed by atoms with E-state index in [0.29, 0.717) is 12.5 Å². The largest absolute Gasteiger partial charge is 0.350 e. The Morgan fingerprint density at radius 3 is 2.45 bits per heavy atom. The van der Waals surface area contributed by atoms with Gasteiger partial charge in [0.15, 0.2) is 5.96 Å². The summed E-state index contributed by atoms with van der Waals surface area (Å²) in [6.07, 6.45) is 0. The summed E-state index contributed by atoms with van der Waals surface area (Å²) in [5.74, 6) is 0.647. The minimum atomic E-state index is -0.231. The quantitative estimate of drug-likeness (QED) is 0.653. The van der Waals surface area contributed by atoms with Crippen molar-refractivity contribution >= 4 is 23.2 Å². The molecule has 124 valence electrons. The number of aryl methyl sites for hydroxylation is 2. The van der Waals surface area contributed by atoms with Gasteiger partial charge in [-0.15, -0.1) is 11.3 Å². The van der Waals surface area contributed by atoms with Gasteiger partial charge in [0.2, 0.25) is 5.91 Å². The van der Waals surface area contributed by atoms with Crippen LogP contribution in [0.4, 0.5) is 0 Å². The third-order valence-electron chi connectivity index (χ3n) is 2.94. The van der Waals surface area contributed by atoms with E-state index in [1.54, 1.807) is 23.3 Å². The lowest BCUT2D eigenvalue weighted by Gasteiger charge is -2.25. The zero-order chi connectivity index (χ0) is 16.9. The second kappa shape index (κ2) is 7.58. The van der Waals surface area contributed by atoms with Gasteiger partial charge in [-0.05, 0) is 34.6 Å². The first-order valence-electron chi connectivity index (χ1n) is 7.28. The minimum Gasteiger partial charge on any atom is -0.350 e. The van der Waals surface area contributed by atoms with Crippen LogP contribution >= 0.6 is 11.3 Å². The number of guanidine groups is 1. The summed E-state index contributed by atoms with van der Waals surface area (Å²) in [6, 6.07) is 0. The summed E-state index contributed by atoms with van der Waals surface area (Å²) in [7, 11) is 3.55. The van der Waals surface area contributed by atoms with E-state index >= 15 is 0 Å². The number of aliphatic imine (C=N–C) groups is 1. The van der Waals surface area contributed by atoms with Gasteiger partial charge in [0.1, 0.15) is 5.01 Å². The first-order valence-corrected chi connectivity index (χ1v) is 8.09. The third kappa shape index (κ3) is 6.01. The van der Waals surface area contributed by atoms with Crippen LogP contribution in [-0.2, 0) is 11.3 Å². The summed E-state index contributed by atoms with van der Waals surface area (Å²) in [5, 5.41) is 7.20. The van der Waals surface area contributed by atoms with Crippen molar-refractivity contribution in [3.8, 4) is 0 Å². The van der Waals surface area contributed by atoms with Gasteiger partial charge in [-0.1, -0.05) is 0 Å². The lowest BCUT2D eigenvalue weighted by atomic mass is 10.1. The second-order valence-corrected chi connectivity index (χ2v) is 7.59. The Balaban J connectivity index is 2.55. The molecule has 22 heavy (non-hydrogen) atoms. The van der Waals surface area contributed by atoms with E-state index < -0.39 is 0 Å². The fourth-order valence-corrected chi connectivity index (χ4v) is 2.78. The van der Waals surface area contributed by atoms with Crippen molar-refractivity contribution in [2.24, 2.45) is 4.99 Å². The molecule has 1 amide bonds. The molecule has 0 saturated heterocycles. The highest BCUT2D eigenvalue weighted by atomic mass is 32.1. The van der Waals surface area contributed by atoms with E-state index in [1.807, 2.05) is 34.7 Å². The van der Waals surface area contributed by atoms with Crippen molar-refractivity contribution in [2.45, 2.75) is 46.7 Å². The molecule has 6 nitrogen and oxygen atoms in total. The molecule has 0 radical (unpaired) electrons. The number of carbonyl (C=O) groups excluding carboxylic acids is 1. The molecule has 1 aromatic heterocycles. The van der Waals surface area contributed by atoms with E-state index in [2.05, 4.69) is 27.5 Å². The van der Waals surface area contributed by atoms with Crippen molar-refractivity contribution < 1.29 is 4.79 Å². The predicted octanol–water partition coefficient (Wildman–Crippen LogP) is 1.68. The highest BCUT2D eigenvalue weighted by molar-refractivity contribution is 7.11. The first kappa shape index (κ1) is 18.4. The van der Waals surface area contributed by atoms with E-state index in [4.69, 9.17) is 0 Å². The summed E-state index contributed by atoms with van der Waals surface area (Å²) in [6.45, 7) is 10.8. The summed E-state index contributed by atoms with van der Waals surface area (Å²) in [5.41, 5.74) is 0.833. The van der Waals surface area contributed by atoms with Crippen LogP contribution < -0.4 is 10.6 Å². The van der Waals surface area contributed by atoms with Gasteiger partial charge in [-0.25, -0.2) is 4.98 Å². The normalized spacial score (nSPS) is 12.2. The Kier molecular flexibility index (Phi) is 6.34. The molecule has 1 heterocycles. The molecule has 1 aromatic rings. The second-order valence-electron chi connectivity index (χ2n) is 6.30. The Morgan fingerprint density at radius 2 is 2.00 bits per heavy atom. The van der Waals surface area contributed by atoms with Gasteiger partial charge < -0.3 is 15.5 Å². The lowest BCUT2D eigenvalue weighted by molar-refractivity contribution is -0.122. The van der Waals surface area contributed by atoms with Crippen molar-refractivity contribution in [3.05, 3.63) is 15.6 Å². The monoisotopic (exact) mass is 325 g/mol. The molecule has 2 N–H and O–H groups in total. The van der Waals surface area contributed by atoms with Crippen LogP contribution in [0.15, 0.2) is 4.99 Å². The Labute approximate surface area is 137 Å². The molecule has 7 heteroatoms. The summed E-state index contributed by atoms with van der Waals surface area (Å²) < 4.78 is 0. The molecule has 0 aromatic carbocycles. The van der Waals surface area contributed by atoms with Crippen molar-refractivity contribution in [2.75, 3.05) is 20.6 Å². The minimum absolute atomic E-state index is 0.0288. The van der Waals surface area contributed by atoms with Crippen LogP contribution in [0, 0.1) is 13.8 Å². The van der Waals surface area contributed by atoms with Crippen LogP contribution in [0.5, 0.6) is 0 Å². The van der Waals surface area contributed by atoms with Gasteiger partial charge in [0, 0.05) is 24.5 Å². The average molecular weight is 325 g/mol. The lowest BCUT2D eigenvalue weighted by Crippen LogP contribution is -2.48. The molecule has 0 spiro atoms. The van der Waals surface area contributed by atoms with Crippen molar-refractivity contribution in [1.82, 2.24) is 20.5 Å². The Bertz CT molecular complexity index is 525. The number of thiazole rings is 1. The van der Waals surface area contributed by atoms with E-state index in [9.17, 15) is 4.79 Å². The zero-order valence-electron chi connectivity index (χ0n) is 14.6. The van der Waals surface area contributed by atoms with E-state index in [1.165, 1.54) is 4.88 Å². The number of hydrogen-bond acceptors (Lipinski definition) is 4. The van der Waals surface area contributed by atoms with Crippen LogP contribution in [0.2, 0.25) is 0 Å². The smallest absolute Gasteiger partial charge is 0.240 e. The van der Waals surface area contributed by atoms with Crippen LogP contribution in [0.1, 0.15) is 36.3 Å². The number of nitrogens with one attached hydrogen (secondary N) is 2. The molecule has 0 unspecified atom stereocenters. The van der Waals surface area contributed by atoms with Crippen molar-refractivity contribution in [1.29, 1.82) is 0 Å². The molecule has 0 fully saturated rings. The molecule has 0 aliphatic carbocycles. The standard InChI is InChI=1S/C15H27N5OS/c1-10-11(2)22-13(18-10)8-17-14(16-6)20(7)9-12(21)19-15(3,4)5/h8-9H2,1-7H3,(H,16,17)(H,19,21). The molecule has 0 atom stereocenters. The Hall–Kier alpha value is -1.63. The third-order valence-corrected chi connectivity index (χ3v) is 4.01. The van der Waals surface area contributed by atoms with Crippen LogP contribution in [0.3, 0.4) is 0 Å². The maximum Gasteiger partial charge on any atom is 0.240 e. The molecule has 0 saturated carbocycles. The molecule has 0 aliphatic rings. The number of carbonyl (C=O) groups is 1. The number of hydrogen-bond donors (Lipinski definition) is 2. The number of aromatic nitrogens is 1. The zero-order valence-corrected chi connectivity index (χ0v) is 15.4. The van der Waals surface area contributed by atoms with Gasteiger partial charge in [-0.2, -0.15) is 0 Å². The molecule has 0 bridgehead atoms. The highest BCUT2D eigenvalue weighted by Crippen LogP contribution is 2.15. The van der Waals surface area contributed by atoms with E-state index in [0.717, 1.165) is 10.7 Å². The van der Waals surface area contributed by atoms with Gasteiger partial charge in [-0.3, -0.25) is 9.79 Å². The molecular formula is C15H27N5OS. The number of likely N-dealkylation sites (N-methyl/N-ethyl adjacent to an activating group) is 1. The number of rotatable bonds is 4. The van der Waals surface area contributed by atoms with Gasteiger partial charge >= 0.3 is 0 Å².